The number of anilines is 1. The van der Waals surface area contributed by atoms with Crippen LogP contribution in [0, 0.1) is 0 Å². The van der Waals surface area contributed by atoms with E-state index < -0.39 is 0 Å². The molecule has 0 saturated carbocycles. The molecule has 1 aromatic carbocycles. The average molecular weight is 262 g/mol. The molecule has 0 bridgehead atoms. The molecule has 19 heavy (non-hydrogen) atoms. The van der Waals surface area contributed by atoms with E-state index in [1.54, 1.807) is 31.4 Å². The van der Waals surface area contributed by atoms with Crippen molar-refractivity contribution in [3.05, 3.63) is 36.7 Å². The number of hydrogen-bond donors (Lipinski definition) is 1. The number of ether oxygens (including phenoxy) is 2. The summed E-state index contributed by atoms with van der Waals surface area (Å²) in [5, 5.41) is 11.5. The zero-order valence-corrected chi connectivity index (χ0v) is 11.3. The van der Waals surface area contributed by atoms with Crippen LogP contribution in [0.4, 0.5) is 5.69 Å². The third-order valence-corrected chi connectivity index (χ3v) is 2.78. The van der Waals surface area contributed by atoms with Gasteiger partial charge in [0.15, 0.2) is 6.29 Å². The summed E-state index contributed by atoms with van der Waals surface area (Å²) in [5.41, 5.74) is 1.90. The lowest BCUT2D eigenvalue weighted by Gasteiger charge is -2.23. The first kappa shape index (κ1) is 13.5. The van der Waals surface area contributed by atoms with Crippen LogP contribution in [0.1, 0.15) is 6.92 Å². The van der Waals surface area contributed by atoms with Gasteiger partial charge in [0.1, 0.15) is 0 Å². The minimum atomic E-state index is -0.285. The first-order chi connectivity index (χ1) is 9.24. The first-order valence-corrected chi connectivity index (χ1v) is 6.03. The number of rotatable bonds is 6. The van der Waals surface area contributed by atoms with Gasteiger partial charge in [-0.05, 0) is 31.2 Å². The van der Waals surface area contributed by atoms with Crippen LogP contribution in [0.3, 0.4) is 0 Å². The lowest BCUT2D eigenvalue weighted by atomic mass is 10.2. The van der Waals surface area contributed by atoms with Gasteiger partial charge in [-0.3, -0.25) is 0 Å². The van der Waals surface area contributed by atoms with Crippen molar-refractivity contribution >= 4 is 5.69 Å². The SMILES string of the molecule is COC(OC)C(C)Nc1ccc(-n2nccn2)cc1. The molecule has 1 atom stereocenters. The number of aromatic nitrogens is 3. The smallest absolute Gasteiger partial charge is 0.176 e. The molecule has 0 amide bonds. The van der Waals surface area contributed by atoms with Crippen molar-refractivity contribution in [1.82, 2.24) is 15.0 Å². The fourth-order valence-electron chi connectivity index (χ4n) is 1.88. The van der Waals surface area contributed by atoms with E-state index in [1.165, 1.54) is 0 Å². The van der Waals surface area contributed by atoms with Crippen LogP contribution in [0.2, 0.25) is 0 Å². The maximum atomic E-state index is 5.21. The third kappa shape index (κ3) is 3.30. The second kappa shape index (κ2) is 6.31. The highest BCUT2D eigenvalue weighted by Crippen LogP contribution is 2.14. The Bertz CT molecular complexity index is 480. The van der Waals surface area contributed by atoms with Gasteiger partial charge >= 0.3 is 0 Å². The largest absolute Gasteiger partial charge is 0.377 e. The zero-order chi connectivity index (χ0) is 13.7. The Kier molecular flexibility index (Phi) is 4.48. The number of hydrogen-bond acceptors (Lipinski definition) is 5. The molecule has 0 aliphatic carbocycles. The predicted molar refractivity (Wildman–Crippen MR) is 72.2 cm³/mol. The molecule has 2 rings (SSSR count). The van der Waals surface area contributed by atoms with Crippen LogP contribution in [0.5, 0.6) is 0 Å². The molecule has 0 spiro atoms. The van der Waals surface area contributed by atoms with Crippen molar-refractivity contribution in [2.24, 2.45) is 0 Å². The fraction of sp³-hybridized carbons (Fsp3) is 0.385. The molecule has 0 aliphatic heterocycles. The van der Waals surface area contributed by atoms with Gasteiger partial charge in [0, 0.05) is 19.9 Å². The van der Waals surface area contributed by atoms with Gasteiger partial charge < -0.3 is 14.8 Å². The van der Waals surface area contributed by atoms with Crippen LogP contribution in [0.25, 0.3) is 5.69 Å². The van der Waals surface area contributed by atoms with E-state index in [1.807, 2.05) is 31.2 Å². The summed E-state index contributed by atoms with van der Waals surface area (Å²) < 4.78 is 10.4. The molecule has 1 aromatic heterocycles. The van der Waals surface area contributed by atoms with Crippen molar-refractivity contribution in [3.8, 4) is 5.69 Å². The van der Waals surface area contributed by atoms with E-state index in [0.29, 0.717) is 0 Å². The van der Waals surface area contributed by atoms with Gasteiger partial charge in [-0.2, -0.15) is 15.0 Å². The molecule has 2 aromatic rings. The maximum Gasteiger partial charge on any atom is 0.176 e. The first-order valence-electron chi connectivity index (χ1n) is 6.03. The zero-order valence-electron chi connectivity index (χ0n) is 11.3. The fourth-order valence-corrected chi connectivity index (χ4v) is 1.88. The summed E-state index contributed by atoms with van der Waals surface area (Å²) >= 11 is 0. The Morgan fingerprint density at radius 1 is 1.05 bits per heavy atom. The average Bonchev–Trinajstić information content (AvgIpc) is 2.95. The van der Waals surface area contributed by atoms with Crippen molar-refractivity contribution in [1.29, 1.82) is 0 Å². The van der Waals surface area contributed by atoms with Gasteiger partial charge in [-0.25, -0.2) is 0 Å². The molecule has 0 aliphatic rings. The Labute approximate surface area is 112 Å². The van der Waals surface area contributed by atoms with Crippen LogP contribution < -0.4 is 5.32 Å². The van der Waals surface area contributed by atoms with Crippen molar-refractivity contribution in [3.63, 3.8) is 0 Å². The predicted octanol–water partition coefficient (Wildman–Crippen LogP) is 1.69. The van der Waals surface area contributed by atoms with Gasteiger partial charge in [0.25, 0.3) is 0 Å². The Balaban J connectivity index is 2.03. The second-order valence-corrected chi connectivity index (χ2v) is 4.14. The van der Waals surface area contributed by atoms with Gasteiger partial charge in [-0.1, -0.05) is 0 Å². The molecule has 6 nitrogen and oxygen atoms in total. The number of methoxy groups -OCH3 is 2. The molecule has 0 saturated heterocycles. The molecule has 1 N–H and O–H groups in total. The molecule has 0 fully saturated rings. The van der Waals surface area contributed by atoms with E-state index >= 15 is 0 Å². The summed E-state index contributed by atoms with van der Waals surface area (Å²) in [5.74, 6) is 0. The summed E-state index contributed by atoms with van der Waals surface area (Å²) in [4.78, 5) is 1.57. The normalized spacial score (nSPS) is 12.6. The van der Waals surface area contributed by atoms with E-state index in [2.05, 4.69) is 15.5 Å². The van der Waals surface area contributed by atoms with Gasteiger partial charge in [0.2, 0.25) is 0 Å². The van der Waals surface area contributed by atoms with E-state index in [4.69, 9.17) is 9.47 Å². The summed E-state index contributed by atoms with van der Waals surface area (Å²) in [6.45, 7) is 2.00. The molecule has 0 radical (unpaired) electrons. The summed E-state index contributed by atoms with van der Waals surface area (Å²) in [6.07, 6.45) is 3.01. The third-order valence-electron chi connectivity index (χ3n) is 2.78. The standard InChI is InChI=1S/C13H18N4O2/c1-10(13(18-2)19-3)16-11-4-6-12(7-5-11)17-14-8-9-15-17/h4-10,13,16H,1-3H3. The Hall–Kier alpha value is -1.92. The van der Waals surface area contributed by atoms with Gasteiger partial charge in [0.05, 0.1) is 24.1 Å². The minimum absolute atomic E-state index is 0.0451. The highest BCUT2D eigenvalue weighted by molar-refractivity contribution is 5.48. The Morgan fingerprint density at radius 2 is 1.63 bits per heavy atom. The molecule has 102 valence electrons. The highest BCUT2D eigenvalue weighted by Gasteiger charge is 2.15. The van der Waals surface area contributed by atoms with Crippen LogP contribution >= 0.6 is 0 Å². The van der Waals surface area contributed by atoms with Crippen LogP contribution in [-0.2, 0) is 9.47 Å². The maximum absolute atomic E-state index is 5.21. The number of nitrogens with one attached hydrogen (secondary N) is 1. The molecular weight excluding hydrogens is 244 g/mol. The number of nitrogens with zero attached hydrogens (tertiary/aromatic N) is 3. The van der Waals surface area contributed by atoms with Crippen LogP contribution in [-0.4, -0.2) is 41.5 Å². The highest BCUT2D eigenvalue weighted by atomic mass is 16.7. The monoisotopic (exact) mass is 262 g/mol. The minimum Gasteiger partial charge on any atom is -0.377 e. The molecule has 1 heterocycles. The van der Waals surface area contributed by atoms with Crippen molar-refractivity contribution in [2.75, 3.05) is 19.5 Å². The quantitative estimate of drug-likeness (QED) is 0.803. The molecule has 6 heteroatoms. The second-order valence-electron chi connectivity index (χ2n) is 4.14. The van der Waals surface area contributed by atoms with Gasteiger partial charge in [-0.15, -0.1) is 0 Å². The van der Waals surface area contributed by atoms with Crippen molar-refractivity contribution < 1.29 is 9.47 Å². The van der Waals surface area contributed by atoms with Crippen molar-refractivity contribution in [2.45, 2.75) is 19.3 Å². The van der Waals surface area contributed by atoms with E-state index in [0.717, 1.165) is 11.4 Å². The summed E-state index contributed by atoms with van der Waals surface area (Å²) in [7, 11) is 3.25. The van der Waals surface area contributed by atoms with E-state index in [-0.39, 0.29) is 12.3 Å². The molecular formula is C13H18N4O2. The summed E-state index contributed by atoms with van der Waals surface area (Å²) in [6, 6.07) is 7.88. The topological polar surface area (TPSA) is 61.2 Å². The number of benzene rings is 1. The lowest BCUT2D eigenvalue weighted by Crippen LogP contribution is -2.33. The van der Waals surface area contributed by atoms with E-state index in [9.17, 15) is 0 Å². The molecule has 1 unspecified atom stereocenters. The lowest BCUT2D eigenvalue weighted by molar-refractivity contribution is -0.109. The Morgan fingerprint density at radius 3 is 2.16 bits per heavy atom. The van der Waals surface area contributed by atoms with Crippen LogP contribution in [0.15, 0.2) is 36.7 Å².